The van der Waals surface area contributed by atoms with Crippen molar-refractivity contribution in [2.45, 2.75) is 139 Å². The first kappa shape index (κ1) is 70.2. The van der Waals surface area contributed by atoms with Gasteiger partial charge in [-0.2, -0.15) is 13.7 Å². The van der Waals surface area contributed by atoms with E-state index >= 15 is 0 Å². The Hall–Kier alpha value is -7.77. The number of imidazole rings is 1. The number of aromatic nitrogens is 7. The van der Waals surface area contributed by atoms with Crippen LogP contribution in [0.15, 0.2) is 189 Å². The molecule has 0 radical (unpaired) electrons. The Labute approximate surface area is 485 Å². The maximum atomic E-state index is 2.36. The molecular weight excluding hydrogens is 975 g/mol. The average Bonchev–Trinajstić information content (AvgIpc) is 4.47. The second-order valence-electron chi connectivity index (χ2n) is 16.6. The van der Waals surface area contributed by atoms with Crippen LogP contribution in [0.2, 0.25) is 0 Å². The summed E-state index contributed by atoms with van der Waals surface area (Å²) in [5.41, 5.74) is 12.7. The molecule has 12 aromatic rings. The van der Waals surface area contributed by atoms with Crippen molar-refractivity contribution in [1.29, 1.82) is 0 Å². The minimum atomic E-state index is 0. The Morgan fingerprint density at radius 2 is 0.688 bits per heavy atom. The number of benzene rings is 6. The van der Waals surface area contributed by atoms with Crippen LogP contribution in [0.25, 0.3) is 83.0 Å². The molecule has 0 saturated carbocycles. The fourth-order valence-electron chi connectivity index (χ4n) is 9.63. The van der Waals surface area contributed by atoms with Gasteiger partial charge in [-0.3, -0.25) is 0 Å². The fraction of sp³-hybridized carbons (Fsp3) is 0.329. The van der Waals surface area contributed by atoms with Crippen LogP contribution in [-0.4, -0.2) is 18.3 Å². The predicted octanol–water partition coefficient (Wildman–Crippen LogP) is 19.9. The molecule has 80 heavy (non-hydrogen) atoms. The van der Waals surface area contributed by atoms with Gasteiger partial charge >= 0.3 is 5.95 Å². The Morgan fingerprint density at radius 3 is 1.16 bits per heavy atom. The van der Waals surface area contributed by atoms with Crippen LogP contribution in [0.3, 0.4) is 0 Å². The smallest absolute Gasteiger partial charge is 0.237 e. The molecule has 12 rings (SSSR count). The number of pyridine rings is 2. The summed E-state index contributed by atoms with van der Waals surface area (Å²) in [5, 5.41) is 7.82. The Bertz CT molecular complexity index is 3490. The van der Waals surface area contributed by atoms with Crippen LogP contribution in [-0.2, 0) is 28.2 Å². The highest BCUT2D eigenvalue weighted by molar-refractivity contribution is 6.11. The molecule has 0 saturated heterocycles. The van der Waals surface area contributed by atoms with E-state index in [2.05, 4.69) is 270 Å². The van der Waals surface area contributed by atoms with Crippen molar-refractivity contribution in [3.05, 3.63) is 205 Å². The zero-order chi connectivity index (χ0) is 59.4. The van der Waals surface area contributed by atoms with Crippen LogP contribution in [0.1, 0.15) is 135 Å². The summed E-state index contributed by atoms with van der Waals surface area (Å²) in [6.07, 6.45) is 8.38. The number of hydrogen-bond acceptors (Lipinski definition) is 0. The topological polar surface area (TPSA) is 31.4 Å². The molecule has 0 aliphatic carbocycles. The average molecular weight is 1080 g/mol. The Balaban J connectivity index is 0.000000529. The van der Waals surface area contributed by atoms with Gasteiger partial charge in [0.25, 0.3) is 11.5 Å². The molecule has 0 aliphatic rings. The highest BCUT2D eigenvalue weighted by atomic mass is 15.3. The lowest BCUT2D eigenvalue weighted by atomic mass is 10.1. The maximum Gasteiger partial charge on any atom is 0.369 e. The van der Waals surface area contributed by atoms with E-state index in [1.807, 2.05) is 111 Å². The number of rotatable bonds is 3. The second-order valence-corrected chi connectivity index (χ2v) is 16.6. The number of hydrogen-bond donors (Lipinski definition) is 0. The van der Waals surface area contributed by atoms with Gasteiger partial charge < -0.3 is 0 Å². The van der Waals surface area contributed by atoms with E-state index in [1.54, 1.807) is 0 Å². The largest absolute Gasteiger partial charge is 0.369 e. The molecule has 6 aromatic carbocycles. The van der Waals surface area contributed by atoms with Gasteiger partial charge in [0.05, 0.1) is 58.4 Å². The molecule has 0 aliphatic heterocycles. The third kappa shape index (κ3) is 14.9. The highest BCUT2D eigenvalue weighted by Gasteiger charge is 2.25. The summed E-state index contributed by atoms with van der Waals surface area (Å²) in [4.78, 5) is 0. The summed E-state index contributed by atoms with van der Waals surface area (Å²) in [7, 11) is 8.38. The van der Waals surface area contributed by atoms with Crippen molar-refractivity contribution in [1.82, 2.24) is 18.3 Å². The monoisotopic (exact) mass is 1080 g/mol. The number of fused-ring (bicyclic) bond motifs is 9. The summed E-state index contributed by atoms with van der Waals surface area (Å²) >= 11 is 0. The summed E-state index contributed by atoms with van der Waals surface area (Å²) in [6, 6.07) is 58.1. The third-order valence-corrected chi connectivity index (χ3v) is 12.5. The molecule has 7 nitrogen and oxygen atoms in total. The van der Waals surface area contributed by atoms with Gasteiger partial charge in [-0.25, -0.2) is 18.3 Å². The van der Waals surface area contributed by atoms with Gasteiger partial charge in [0.2, 0.25) is 0 Å². The van der Waals surface area contributed by atoms with Crippen LogP contribution in [0.4, 0.5) is 0 Å². The minimum absolute atomic E-state index is 0. The maximum absolute atomic E-state index is 2.36. The van der Waals surface area contributed by atoms with Crippen LogP contribution in [0.5, 0.6) is 0 Å². The number of nitrogens with zero attached hydrogens (tertiary/aromatic N) is 7. The van der Waals surface area contributed by atoms with E-state index in [0.29, 0.717) is 0 Å². The molecule has 0 bridgehead atoms. The zero-order valence-corrected chi connectivity index (χ0v) is 53.0. The standard InChI is InChI=1S/2C19H17N2.C18H18N3.8C2H6.CH4/c1-14-8-3-5-11-17(14)21-18-12-6-4-9-15(18)16-10-7-13-20(2)19(16)21;1-14-8-7-10-16-15-9-3-4-11-17(15)21(19(14)16)18-12-5-6-13-20(18)2;1-13-7-6-9-15-14-8-4-5-10-16(14)21(17(13)15)18-19(2)11-12-20(18)3;8*1-2;/h2*3-13H,1-2H3;4-12H,1-3H3;8*1-2H3;1H4/q3*+1;;;;;;;;;. The second kappa shape index (κ2) is 36.4. The third-order valence-electron chi connectivity index (χ3n) is 12.5. The lowest BCUT2D eigenvalue weighted by Crippen LogP contribution is -2.33. The highest BCUT2D eigenvalue weighted by Crippen LogP contribution is 2.35. The quantitative estimate of drug-likeness (QED) is 0.158. The molecule has 6 heterocycles. The van der Waals surface area contributed by atoms with E-state index in [4.69, 9.17) is 0 Å². The molecule has 0 fully saturated rings. The van der Waals surface area contributed by atoms with Gasteiger partial charge in [-0.05, 0) is 98.1 Å². The van der Waals surface area contributed by atoms with Crippen molar-refractivity contribution in [3.8, 4) is 17.5 Å². The van der Waals surface area contributed by atoms with Crippen LogP contribution in [0, 0.1) is 20.8 Å². The number of aryl methyl sites for hydroxylation is 7. The zero-order valence-electron chi connectivity index (χ0n) is 53.0. The van der Waals surface area contributed by atoms with E-state index in [1.165, 1.54) is 93.7 Å². The molecule has 0 amide bonds. The van der Waals surface area contributed by atoms with E-state index < -0.39 is 0 Å². The number of para-hydroxylation sites is 6. The van der Waals surface area contributed by atoms with Gasteiger partial charge in [-0.1, -0.05) is 215 Å². The van der Waals surface area contributed by atoms with Crippen molar-refractivity contribution >= 4 is 65.5 Å². The fourth-order valence-corrected chi connectivity index (χ4v) is 9.63. The summed E-state index contributed by atoms with van der Waals surface area (Å²) in [6.45, 7) is 38.5. The molecule has 0 atom stereocenters. The van der Waals surface area contributed by atoms with Crippen molar-refractivity contribution in [2.24, 2.45) is 28.2 Å². The first-order valence-corrected chi connectivity index (χ1v) is 29.6. The normalized spacial score (nSPS) is 9.59. The Morgan fingerprint density at radius 1 is 0.312 bits per heavy atom. The molecule has 0 unspecified atom stereocenters. The molecule has 0 N–H and O–H groups in total. The lowest BCUT2D eigenvalue weighted by molar-refractivity contribution is -0.665. The minimum Gasteiger partial charge on any atom is -0.237 e. The molecule has 428 valence electrons. The van der Waals surface area contributed by atoms with Crippen LogP contribution < -0.4 is 13.7 Å². The van der Waals surface area contributed by atoms with Crippen LogP contribution >= 0.6 is 0 Å². The Kier molecular flexibility index (Phi) is 32.0. The van der Waals surface area contributed by atoms with E-state index in [9.17, 15) is 0 Å². The first-order valence-electron chi connectivity index (χ1n) is 29.6. The summed E-state index contributed by atoms with van der Waals surface area (Å²) in [5.74, 6) is 2.34. The first-order chi connectivity index (χ1) is 38.7. The SMILES string of the molecule is C.CC.CC.CC.CC.CC.CC.CC.CC.Cc1cccc2c3ccccc3n(-c3cccc[n+]3C)c12.Cc1cccc2c3ccccc3n(-c3n(C)cc[n+]3C)c12.Cc1ccccc1-n1c2ccccc2c2ccc[n+](C)c21. The van der Waals surface area contributed by atoms with Gasteiger partial charge in [-0.15, -0.1) is 0 Å². The van der Waals surface area contributed by atoms with Gasteiger partial charge in [0.1, 0.15) is 33.3 Å². The molecular formula is C73H104N7+3. The van der Waals surface area contributed by atoms with Crippen molar-refractivity contribution in [3.63, 3.8) is 0 Å². The lowest BCUT2D eigenvalue weighted by Gasteiger charge is -2.04. The van der Waals surface area contributed by atoms with Gasteiger partial charge in [0, 0.05) is 33.0 Å². The van der Waals surface area contributed by atoms with Crippen molar-refractivity contribution < 1.29 is 13.7 Å². The van der Waals surface area contributed by atoms with Crippen molar-refractivity contribution in [2.75, 3.05) is 0 Å². The molecule has 0 spiro atoms. The van der Waals surface area contributed by atoms with E-state index in [-0.39, 0.29) is 7.43 Å². The molecule has 6 aromatic heterocycles. The predicted molar refractivity (Wildman–Crippen MR) is 357 cm³/mol. The molecule has 7 heteroatoms. The summed E-state index contributed by atoms with van der Waals surface area (Å²) < 4.78 is 15.8. The van der Waals surface area contributed by atoms with Gasteiger partial charge in [0.15, 0.2) is 0 Å². The van der Waals surface area contributed by atoms with E-state index in [0.717, 1.165) is 5.95 Å².